The van der Waals surface area contributed by atoms with Crippen LogP contribution in [0.3, 0.4) is 0 Å². The summed E-state index contributed by atoms with van der Waals surface area (Å²) in [5.41, 5.74) is 0. The number of hydrogen-bond donors (Lipinski definition) is 0. The van der Waals surface area contributed by atoms with Gasteiger partial charge in [-0.25, -0.2) is 4.98 Å². The second kappa shape index (κ2) is 6.99. The molecule has 19 heavy (non-hydrogen) atoms. The lowest BCUT2D eigenvalue weighted by molar-refractivity contribution is 0.241. The van der Waals surface area contributed by atoms with Gasteiger partial charge in [-0.3, -0.25) is 0 Å². The van der Waals surface area contributed by atoms with Gasteiger partial charge in [-0.1, -0.05) is 12.8 Å². The quantitative estimate of drug-likeness (QED) is 0.741. The molecule has 1 aliphatic rings. The van der Waals surface area contributed by atoms with Crippen molar-refractivity contribution in [3.63, 3.8) is 0 Å². The molecule has 4 heteroatoms. The average molecular weight is 283 g/mol. The number of alkyl halides is 1. The SMILES string of the molecule is CC(C)Oc1cccnc1N(CCCl)C1CCCC1. The maximum Gasteiger partial charge on any atom is 0.171 e. The molecule has 0 amide bonds. The van der Waals surface area contributed by atoms with Crippen LogP contribution in [0.5, 0.6) is 5.75 Å². The zero-order valence-electron chi connectivity index (χ0n) is 11.8. The van der Waals surface area contributed by atoms with E-state index in [1.807, 2.05) is 32.2 Å². The first kappa shape index (κ1) is 14.4. The molecule has 0 saturated heterocycles. The Morgan fingerprint density at radius 3 is 2.79 bits per heavy atom. The summed E-state index contributed by atoms with van der Waals surface area (Å²) in [6, 6.07) is 4.48. The molecule has 0 unspecified atom stereocenters. The van der Waals surface area contributed by atoms with Gasteiger partial charge < -0.3 is 9.64 Å². The van der Waals surface area contributed by atoms with Gasteiger partial charge >= 0.3 is 0 Å². The number of hydrogen-bond acceptors (Lipinski definition) is 3. The number of halogens is 1. The standard InChI is InChI=1S/C15H23ClN2O/c1-12(2)19-14-8-5-10-17-15(14)18(11-9-16)13-6-3-4-7-13/h5,8,10,12-13H,3-4,6-7,9,11H2,1-2H3. The normalized spacial score (nSPS) is 16.0. The highest BCUT2D eigenvalue weighted by molar-refractivity contribution is 6.18. The van der Waals surface area contributed by atoms with Crippen LogP contribution in [-0.2, 0) is 0 Å². The predicted molar refractivity (Wildman–Crippen MR) is 80.3 cm³/mol. The van der Waals surface area contributed by atoms with Gasteiger partial charge in [0.1, 0.15) is 0 Å². The van der Waals surface area contributed by atoms with Crippen molar-refractivity contribution < 1.29 is 4.74 Å². The lowest BCUT2D eigenvalue weighted by Gasteiger charge is -2.31. The maximum atomic E-state index is 5.97. The third kappa shape index (κ3) is 3.75. The van der Waals surface area contributed by atoms with Crippen molar-refractivity contribution in [3.8, 4) is 5.75 Å². The summed E-state index contributed by atoms with van der Waals surface area (Å²) >= 11 is 5.97. The molecule has 2 rings (SSSR count). The largest absolute Gasteiger partial charge is 0.487 e. The second-order valence-electron chi connectivity index (χ2n) is 5.31. The van der Waals surface area contributed by atoms with Gasteiger partial charge in [0.25, 0.3) is 0 Å². The molecule has 1 saturated carbocycles. The van der Waals surface area contributed by atoms with Crippen LogP contribution in [0, 0.1) is 0 Å². The van der Waals surface area contributed by atoms with E-state index < -0.39 is 0 Å². The predicted octanol–water partition coefficient (Wildman–Crippen LogP) is 3.86. The highest BCUT2D eigenvalue weighted by atomic mass is 35.5. The minimum atomic E-state index is 0.157. The first-order valence-corrected chi connectivity index (χ1v) is 7.70. The van der Waals surface area contributed by atoms with Crippen LogP contribution in [0.25, 0.3) is 0 Å². The Kier molecular flexibility index (Phi) is 5.32. The van der Waals surface area contributed by atoms with E-state index >= 15 is 0 Å². The molecule has 1 fully saturated rings. The molecule has 0 bridgehead atoms. The zero-order valence-corrected chi connectivity index (χ0v) is 12.6. The minimum Gasteiger partial charge on any atom is -0.487 e. The van der Waals surface area contributed by atoms with Gasteiger partial charge in [0, 0.05) is 24.7 Å². The maximum absolute atomic E-state index is 5.97. The van der Waals surface area contributed by atoms with Crippen molar-refractivity contribution in [1.82, 2.24) is 4.98 Å². The summed E-state index contributed by atoms with van der Waals surface area (Å²) in [6.45, 7) is 4.91. The van der Waals surface area contributed by atoms with E-state index in [4.69, 9.17) is 16.3 Å². The number of ether oxygens (including phenoxy) is 1. The molecule has 0 aromatic carbocycles. The fourth-order valence-corrected chi connectivity index (χ4v) is 2.89. The summed E-state index contributed by atoms with van der Waals surface area (Å²) in [6.07, 6.45) is 7.05. The highest BCUT2D eigenvalue weighted by Crippen LogP contribution is 2.33. The monoisotopic (exact) mass is 282 g/mol. The molecule has 1 aromatic rings. The second-order valence-corrected chi connectivity index (χ2v) is 5.69. The summed E-state index contributed by atoms with van der Waals surface area (Å²) in [5.74, 6) is 2.44. The fourth-order valence-electron chi connectivity index (χ4n) is 2.71. The van der Waals surface area contributed by atoms with Crippen LogP contribution in [0.1, 0.15) is 39.5 Å². The van der Waals surface area contributed by atoms with Crippen molar-refractivity contribution in [2.45, 2.75) is 51.7 Å². The first-order chi connectivity index (χ1) is 9.22. The third-order valence-electron chi connectivity index (χ3n) is 3.48. The smallest absolute Gasteiger partial charge is 0.171 e. The minimum absolute atomic E-state index is 0.157. The third-order valence-corrected chi connectivity index (χ3v) is 3.65. The van der Waals surface area contributed by atoms with Gasteiger partial charge in [0.15, 0.2) is 11.6 Å². The number of rotatable bonds is 6. The van der Waals surface area contributed by atoms with E-state index in [0.717, 1.165) is 18.1 Å². The molecule has 0 aliphatic heterocycles. The van der Waals surface area contributed by atoms with E-state index in [0.29, 0.717) is 11.9 Å². The molecule has 1 aromatic heterocycles. The Morgan fingerprint density at radius 1 is 1.42 bits per heavy atom. The zero-order chi connectivity index (χ0) is 13.7. The topological polar surface area (TPSA) is 25.4 Å². The summed E-state index contributed by atoms with van der Waals surface area (Å²) in [7, 11) is 0. The fraction of sp³-hybridized carbons (Fsp3) is 0.667. The number of pyridine rings is 1. The van der Waals surface area contributed by atoms with Crippen LogP contribution in [0.2, 0.25) is 0 Å². The van der Waals surface area contributed by atoms with E-state index in [2.05, 4.69) is 9.88 Å². The summed E-state index contributed by atoms with van der Waals surface area (Å²) in [4.78, 5) is 6.87. The molecule has 0 radical (unpaired) electrons. The van der Waals surface area contributed by atoms with Gasteiger partial charge in [-0.2, -0.15) is 0 Å². The van der Waals surface area contributed by atoms with Gasteiger partial charge in [0.2, 0.25) is 0 Å². The number of nitrogens with zero attached hydrogens (tertiary/aromatic N) is 2. The molecule has 1 aliphatic carbocycles. The molecule has 1 heterocycles. The summed E-state index contributed by atoms with van der Waals surface area (Å²) in [5, 5.41) is 0. The Hall–Kier alpha value is -0.960. The van der Waals surface area contributed by atoms with Crippen molar-refractivity contribution in [1.29, 1.82) is 0 Å². The lowest BCUT2D eigenvalue weighted by Crippen LogP contribution is -2.36. The van der Waals surface area contributed by atoms with Crippen LogP contribution in [0.15, 0.2) is 18.3 Å². The molecule has 106 valence electrons. The average Bonchev–Trinajstić information content (AvgIpc) is 2.90. The number of aromatic nitrogens is 1. The Morgan fingerprint density at radius 2 is 2.16 bits per heavy atom. The van der Waals surface area contributed by atoms with Crippen molar-refractivity contribution in [3.05, 3.63) is 18.3 Å². The van der Waals surface area contributed by atoms with Crippen LogP contribution >= 0.6 is 11.6 Å². The molecule has 3 nitrogen and oxygen atoms in total. The van der Waals surface area contributed by atoms with E-state index in [1.165, 1.54) is 25.7 Å². The number of anilines is 1. The first-order valence-electron chi connectivity index (χ1n) is 7.16. The Balaban J connectivity index is 2.24. The molecule has 0 N–H and O–H groups in total. The van der Waals surface area contributed by atoms with E-state index in [9.17, 15) is 0 Å². The van der Waals surface area contributed by atoms with Gasteiger partial charge in [0.05, 0.1) is 6.10 Å². The lowest BCUT2D eigenvalue weighted by atomic mass is 10.2. The molecular weight excluding hydrogens is 260 g/mol. The molecule has 0 spiro atoms. The van der Waals surface area contributed by atoms with Crippen molar-refractivity contribution in [2.75, 3.05) is 17.3 Å². The summed E-state index contributed by atoms with van der Waals surface area (Å²) < 4.78 is 5.88. The van der Waals surface area contributed by atoms with E-state index in [1.54, 1.807) is 0 Å². The molecule has 0 atom stereocenters. The molecular formula is C15H23ClN2O. The Bertz CT molecular complexity index is 391. The van der Waals surface area contributed by atoms with Crippen LogP contribution in [0.4, 0.5) is 5.82 Å². The highest BCUT2D eigenvalue weighted by Gasteiger charge is 2.25. The Labute approximate surface area is 120 Å². The van der Waals surface area contributed by atoms with Gasteiger partial charge in [-0.05, 0) is 38.8 Å². The van der Waals surface area contributed by atoms with Crippen molar-refractivity contribution >= 4 is 17.4 Å². The van der Waals surface area contributed by atoms with E-state index in [-0.39, 0.29) is 6.10 Å². The van der Waals surface area contributed by atoms with Gasteiger partial charge in [-0.15, -0.1) is 11.6 Å². The van der Waals surface area contributed by atoms with Crippen LogP contribution in [-0.4, -0.2) is 29.6 Å². The van der Waals surface area contributed by atoms with Crippen molar-refractivity contribution in [2.24, 2.45) is 0 Å². The van der Waals surface area contributed by atoms with Crippen LogP contribution < -0.4 is 9.64 Å².